The van der Waals surface area contributed by atoms with Crippen molar-refractivity contribution in [1.29, 1.82) is 0 Å². The first-order valence-electron chi connectivity index (χ1n) is 4.79. The standard InChI is InChI=1S/C11H13BrFNO/c1-10(15)5-11(14,6-10)8-4-7(12)2-3-9(8)13/h2-4,15H,5-6,14H2,1H3. The van der Waals surface area contributed by atoms with Gasteiger partial charge in [0.15, 0.2) is 0 Å². The molecule has 0 spiro atoms. The van der Waals surface area contributed by atoms with Crippen LogP contribution in [0, 0.1) is 5.82 Å². The Labute approximate surface area is 96.4 Å². The maximum atomic E-state index is 13.6. The minimum atomic E-state index is -0.760. The molecule has 0 unspecified atom stereocenters. The summed E-state index contributed by atoms with van der Waals surface area (Å²) >= 11 is 3.29. The van der Waals surface area contributed by atoms with Crippen LogP contribution in [0.3, 0.4) is 0 Å². The zero-order valence-electron chi connectivity index (χ0n) is 8.43. The van der Waals surface area contributed by atoms with Crippen LogP contribution in [-0.2, 0) is 5.54 Å². The van der Waals surface area contributed by atoms with Crippen molar-refractivity contribution in [3.63, 3.8) is 0 Å². The number of rotatable bonds is 1. The molecule has 4 heteroatoms. The van der Waals surface area contributed by atoms with Crippen molar-refractivity contribution in [1.82, 2.24) is 0 Å². The highest BCUT2D eigenvalue weighted by molar-refractivity contribution is 9.10. The van der Waals surface area contributed by atoms with E-state index in [-0.39, 0.29) is 5.82 Å². The third-order valence-electron chi connectivity index (χ3n) is 2.86. The Kier molecular flexibility index (Phi) is 2.41. The summed E-state index contributed by atoms with van der Waals surface area (Å²) in [4.78, 5) is 0. The highest BCUT2D eigenvalue weighted by atomic mass is 79.9. The van der Waals surface area contributed by atoms with Gasteiger partial charge in [-0.15, -0.1) is 0 Å². The molecule has 0 heterocycles. The van der Waals surface area contributed by atoms with Gasteiger partial charge in [-0.3, -0.25) is 0 Å². The lowest BCUT2D eigenvalue weighted by atomic mass is 9.63. The predicted molar refractivity (Wildman–Crippen MR) is 59.8 cm³/mol. The van der Waals surface area contributed by atoms with Crippen LogP contribution < -0.4 is 5.73 Å². The van der Waals surface area contributed by atoms with Crippen LogP contribution >= 0.6 is 15.9 Å². The summed E-state index contributed by atoms with van der Waals surface area (Å²) in [6.45, 7) is 1.72. The molecule has 0 radical (unpaired) electrons. The van der Waals surface area contributed by atoms with E-state index in [0.717, 1.165) is 4.47 Å². The molecule has 1 aromatic carbocycles. The Morgan fingerprint density at radius 3 is 2.60 bits per heavy atom. The van der Waals surface area contributed by atoms with Crippen LogP contribution in [0.2, 0.25) is 0 Å². The van der Waals surface area contributed by atoms with Crippen molar-refractivity contribution in [2.45, 2.75) is 30.9 Å². The molecule has 0 aliphatic heterocycles. The lowest BCUT2D eigenvalue weighted by molar-refractivity contribution is -0.0749. The lowest BCUT2D eigenvalue weighted by Gasteiger charge is -2.49. The van der Waals surface area contributed by atoms with E-state index in [9.17, 15) is 9.50 Å². The highest BCUT2D eigenvalue weighted by Gasteiger charge is 2.50. The van der Waals surface area contributed by atoms with E-state index in [0.29, 0.717) is 18.4 Å². The van der Waals surface area contributed by atoms with Crippen molar-refractivity contribution >= 4 is 15.9 Å². The van der Waals surface area contributed by atoms with Gasteiger partial charge >= 0.3 is 0 Å². The lowest BCUT2D eigenvalue weighted by Crippen LogP contribution is -2.58. The van der Waals surface area contributed by atoms with Gasteiger partial charge in [0.05, 0.1) is 5.60 Å². The van der Waals surface area contributed by atoms with Gasteiger partial charge in [0.25, 0.3) is 0 Å². The second kappa shape index (κ2) is 3.27. The van der Waals surface area contributed by atoms with E-state index >= 15 is 0 Å². The molecule has 3 N–H and O–H groups in total. The summed E-state index contributed by atoms with van der Waals surface area (Å²) in [6.07, 6.45) is 0.792. The topological polar surface area (TPSA) is 46.2 Å². The minimum Gasteiger partial charge on any atom is -0.390 e. The highest BCUT2D eigenvalue weighted by Crippen LogP contribution is 2.47. The van der Waals surface area contributed by atoms with Crippen molar-refractivity contribution in [2.24, 2.45) is 5.73 Å². The molecule has 0 atom stereocenters. The first-order valence-corrected chi connectivity index (χ1v) is 5.59. The molecular formula is C11H13BrFNO. The molecule has 1 aliphatic carbocycles. The van der Waals surface area contributed by atoms with E-state index in [1.807, 2.05) is 0 Å². The van der Waals surface area contributed by atoms with Gasteiger partial charge in [-0.2, -0.15) is 0 Å². The molecular weight excluding hydrogens is 261 g/mol. The van der Waals surface area contributed by atoms with Crippen LogP contribution in [0.1, 0.15) is 25.3 Å². The van der Waals surface area contributed by atoms with E-state index in [4.69, 9.17) is 5.73 Å². The van der Waals surface area contributed by atoms with Crippen molar-refractivity contribution < 1.29 is 9.50 Å². The molecule has 0 saturated heterocycles. The Hall–Kier alpha value is -0.450. The van der Waals surface area contributed by atoms with Crippen LogP contribution in [-0.4, -0.2) is 10.7 Å². The maximum absolute atomic E-state index is 13.6. The molecule has 1 aliphatic rings. The molecule has 1 aromatic rings. The fourth-order valence-corrected chi connectivity index (χ4v) is 2.74. The number of nitrogens with two attached hydrogens (primary N) is 1. The quantitative estimate of drug-likeness (QED) is 0.825. The van der Waals surface area contributed by atoms with Crippen LogP contribution in [0.25, 0.3) is 0 Å². The van der Waals surface area contributed by atoms with E-state index < -0.39 is 11.1 Å². The summed E-state index contributed by atoms with van der Waals surface area (Å²) in [5.41, 5.74) is 5.04. The molecule has 0 amide bonds. The Balaban J connectivity index is 2.35. The summed E-state index contributed by atoms with van der Waals surface area (Å²) in [5, 5.41) is 9.66. The van der Waals surface area contributed by atoms with E-state index in [2.05, 4.69) is 15.9 Å². The van der Waals surface area contributed by atoms with Gasteiger partial charge in [0.2, 0.25) is 0 Å². The summed E-state index contributed by atoms with van der Waals surface area (Å²) in [5.74, 6) is -0.309. The number of aliphatic hydroxyl groups is 1. The molecule has 2 rings (SSSR count). The Bertz CT molecular complexity index is 398. The first kappa shape index (κ1) is 11.0. The molecule has 15 heavy (non-hydrogen) atoms. The molecule has 1 fully saturated rings. The summed E-state index contributed by atoms with van der Waals surface area (Å²) < 4.78 is 14.4. The minimum absolute atomic E-state index is 0.309. The monoisotopic (exact) mass is 273 g/mol. The summed E-state index contributed by atoms with van der Waals surface area (Å²) in [7, 11) is 0. The SMILES string of the molecule is CC1(O)CC(N)(c2cc(Br)ccc2F)C1. The smallest absolute Gasteiger partial charge is 0.128 e. The zero-order valence-corrected chi connectivity index (χ0v) is 10.0. The molecule has 2 nitrogen and oxygen atoms in total. The summed E-state index contributed by atoms with van der Waals surface area (Å²) in [6, 6.07) is 4.71. The third kappa shape index (κ3) is 1.94. The van der Waals surface area contributed by atoms with Crippen molar-refractivity contribution in [3.05, 3.63) is 34.1 Å². The Morgan fingerprint density at radius 2 is 2.07 bits per heavy atom. The van der Waals surface area contributed by atoms with Crippen LogP contribution in [0.4, 0.5) is 4.39 Å². The number of halogens is 2. The fraction of sp³-hybridized carbons (Fsp3) is 0.455. The second-order valence-electron chi connectivity index (χ2n) is 4.63. The predicted octanol–water partition coefficient (Wildman–Crippen LogP) is 2.29. The number of hydrogen-bond acceptors (Lipinski definition) is 2. The van der Waals surface area contributed by atoms with Gasteiger partial charge in [-0.25, -0.2) is 4.39 Å². The average molecular weight is 274 g/mol. The number of hydrogen-bond donors (Lipinski definition) is 2. The van der Waals surface area contributed by atoms with E-state index in [1.54, 1.807) is 19.1 Å². The second-order valence-corrected chi connectivity index (χ2v) is 5.55. The third-order valence-corrected chi connectivity index (χ3v) is 3.35. The zero-order chi connectivity index (χ0) is 11.3. The molecule has 0 bridgehead atoms. The van der Waals surface area contributed by atoms with Gasteiger partial charge < -0.3 is 10.8 Å². The van der Waals surface area contributed by atoms with Gasteiger partial charge in [-0.05, 0) is 38.0 Å². The van der Waals surface area contributed by atoms with Gasteiger partial charge in [-0.1, -0.05) is 15.9 Å². The van der Waals surface area contributed by atoms with Crippen LogP contribution in [0.15, 0.2) is 22.7 Å². The first-order chi connectivity index (χ1) is 6.82. The average Bonchev–Trinajstić information content (AvgIpc) is 2.05. The molecule has 1 saturated carbocycles. The van der Waals surface area contributed by atoms with E-state index in [1.165, 1.54) is 6.07 Å². The van der Waals surface area contributed by atoms with Gasteiger partial charge in [0, 0.05) is 15.6 Å². The van der Waals surface area contributed by atoms with Crippen molar-refractivity contribution in [3.8, 4) is 0 Å². The normalized spacial score (nSPS) is 35.0. The van der Waals surface area contributed by atoms with Crippen molar-refractivity contribution in [2.75, 3.05) is 0 Å². The maximum Gasteiger partial charge on any atom is 0.128 e. The Morgan fingerprint density at radius 1 is 1.47 bits per heavy atom. The van der Waals surface area contributed by atoms with Crippen LogP contribution in [0.5, 0.6) is 0 Å². The molecule has 82 valence electrons. The fourth-order valence-electron chi connectivity index (χ4n) is 2.38. The largest absolute Gasteiger partial charge is 0.390 e. The number of benzene rings is 1. The molecule has 0 aromatic heterocycles. The van der Waals surface area contributed by atoms with Gasteiger partial charge in [0.1, 0.15) is 5.82 Å².